The number of carbonyl (C=O) groups is 2. The number of amidine groups is 2. The van der Waals surface area contributed by atoms with Crippen molar-refractivity contribution in [2.45, 2.75) is 107 Å². The van der Waals surface area contributed by atoms with Gasteiger partial charge in [-0.15, -0.1) is 22.7 Å². The van der Waals surface area contributed by atoms with Gasteiger partial charge in [-0.2, -0.15) is 4.31 Å². The van der Waals surface area contributed by atoms with Gasteiger partial charge in [0.2, 0.25) is 20.0 Å². The standard InChI is InChI=1S/C18H26N4O3S2.C18H24N4O3S2.CH4O.CH3.Pd/c2*23-17-18(21-16(20-17)14-4-2-1-3-5-14)7-10-22(11-8-18)27(24,25)13-6-15-19-9-12-26-15;1-2;;/h9,12,14H,1-8,10-11,13H2,(H,20,21,23);6,9,12-14H,1-5,7-8,10-11H2,(H,20,21,23);2H,1H3;1H3;/q;;;-1;/b;13-6+;;;. The molecule has 20 heteroatoms. The van der Waals surface area contributed by atoms with Gasteiger partial charge < -0.3 is 23.2 Å². The number of nitrogens with one attached hydrogen (secondary N) is 2. The normalized spacial score (nSPS) is 22.7. The molecule has 2 aromatic heterocycles. The number of hydrogen-bond acceptors (Lipinski definition) is 13. The molecule has 2 aromatic rings. The molecule has 0 unspecified atom stereocenters. The molecule has 6 heterocycles. The first kappa shape index (κ1) is 48.4. The maximum atomic E-state index is 12.6. The molecule has 58 heavy (non-hydrogen) atoms. The number of aryl methyl sites for hydroxylation is 1. The molecule has 0 bridgehead atoms. The number of aromatic nitrogens is 2. The van der Waals surface area contributed by atoms with E-state index in [2.05, 4.69) is 20.6 Å². The van der Waals surface area contributed by atoms with Crippen LogP contribution in [0.1, 0.15) is 99.9 Å². The van der Waals surface area contributed by atoms with Crippen molar-refractivity contribution >= 4 is 72.3 Å². The van der Waals surface area contributed by atoms with E-state index in [1.54, 1.807) is 17.8 Å². The van der Waals surface area contributed by atoms with E-state index in [1.807, 2.05) is 5.38 Å². The Morgan fingerprint density at radius 2 is 1.21 bits per heavy atom. The SMILES string of the molecule is CO.O=C1NC(C2CCCCC2)=NC12CCN(S(=O)(=O)/C=C/c1nccs1)CC2.O=C1NC(C2CCCCC2)=NC12CCN(S(=O)(=O)CCc1nccs1)CC2.[CH3-].[Pd]. The molecule has 0 radical (unpaired) electrons. The summed E-state index contributed by atoms with van der Waals surface area (Å²) in [5, 5.41) is 19.4. The molecule has 2 aliphatic carbocycles. The molecule has 15 nitrogen and oxygen atoms in total. The minimum absolute atomic E-state index is 0. The molecular weight excluding hydrogens is 915 g/mol. The molecule has 2 saturated heterocycles. The zero-order valence-electron chi connectivity index (χ0n) is 33.3. The van der Waals surface area contributed by atoms with Crippen LogP contribution in [0.2, 0.25) is 0 Å². The Morgan fingerprint density at radius 1 is 0.741 bits per heavy atom. The third-order valence-corrected chi connectivity index (χ3v) is 16.7. The van der Waals surface area contributed by atoms with Gasteiger partial charge in [0.1, 0.15) is 27.8 Å². The van der Waals surface area contributed by atoms with Crippen molar-refractivity contribution in [3.05, 3.63) is 46.0 Å². The molecule has 326 valence electrons. The minimum Gasteiger partial charge on any atom is -0.400 e. The molecule has 4 fully saturated rings. The van der Waals surface area contributed by atoms with E-state index >= 15 is 0 Å². The Hall–Kier alpha value is -2.28. The zero-order valence-corrected chi connectivity index (χ0v) is 38.1. The third kappa shape index (κ3) is 11.5. The molecule has 4 aliphatic heterocycles. The van der Waals surface area contributed by atoms with Crippen molar-refractivity contribution in [3.8, 4) is 0 Å². The second-order valence-corrected chi connectivity index (χ2v) is 21.0. The van der Waals surface area contributed by atoms with Crippen molar-refractivity contribution in [2.24, 2.45) is 21.8 Å². The van der Waals surface area contributed by atoms with Crippen LogP contribution >= 0.6 is 22.7 Å². The Morgan fingerprint density at radius 3 is 1.66 bits per heavy atom. The van der Waals surface area contributed by atoms with Crippen LogP contribution in [0, 0.1) is 19.3 Å². The number of thiazole rings is 2. The maximum absolute atomic E-state index is 12.6. The van der Waals surface area contributed by atoms with Gasteiger partial charge in [-0.1, -0.05) is 38.5 Å². The number of aliphatic imine (C=N–C) groups is 2. The number of amides is 2. The van der Waals surface area contributed by atoms with Crippen molar-refractivity contribution in [3.63, 3.8) is 0 Å². The van der Waals surface area contributed by atoms with E-state index in [-0.39, 0.29) is 45.4 Å². The van der Waals surface area contributed by atoms with E-state index in [1.165, 1.54) is 81.3 Å². The maximum Gasteiger partial charge on any atom is 0.253 e. The van der Waals surface area contributed by atoms with Crippen LogP contribution in [0.15, 0.2) is 38.5 Å². The van der Waals surface area contributed by atoms with Crippen molar-refractivity contribution in [2.75, 3.05) is 39.0 Å². The molecular formula is C38H57N8O7PdS4-. The van der Waals surface area contributed by atoms with Crippen molar-refractivity contribution in [1.29, 1.82) is 0 Å². The fourth-order valence-electron chi connectivity index (χ4n) is 8.41. The second-order valence-electron chi connectivity index (χ2n) is 15.1. The van der Waals surface area contributed by atoms with Crippen LogP contribution < -0.4 is 10.6 Å². The van der Waals surface area contributed by atoms with Gasteiger partial charge in [0.05, 0.1) is 10.8 Å². The largest absolute Gasteiger partial charge is 0.400 e. The van der Waals surface area contributed by atoms with E-state index in [0.29, 0.717) is 75.1 Å². The van der Waals surface area contributed by atoms with Gasteiger partial charge in [0, 0.05) is 101 Å². The van der Waals surface area contributed by atoms with Gasteiger partial charge in [0.25, 0.3) is 11.8 Å². The molecule has 2 amide bonds. The molecule has 2 spiro atoms. The number of rotatable bonds is 9. The third-order valence-electron chi connectivity index (χ3n) is 11.7. The van der Waals surface area contributed by atoms with Gasteiger partial charge in [0.15, 0.2) is 0 Å². The summed E-state index contributed by atoms with van der Waals surface area (Å²) in [4.78, 5) is 43.1. The summed E-state index contributed by atoms with van der Waals surface area (Å²) in [6, 6.07) is 0. The average Bonchev–Trinajstić information content (AvgIpc) is 4.05. The predicted octanol–water partition coefficient (Wildman–Crippen LogP) is 4.40. The molecule has 0 atom stereocenters. The number of sulfonamides is 2. The summed E-state index contributed by atoms with van der Waals surface area (Å²) in [6.07, 6.45) is 18.7. The van der Waals surface area contributed by atoms with Crippen molar-refractivity contribution < 1.29 is 52.0 Å². The molecule has 0 aromatic carbocycles. The summed E-state index contributed by atoms with van der Waals surface area (Å²) in [7, 11) is -5.86. The summed E-state index contributed by atoms with van der Waals surface area (Å²) >= 11 is 2.86. The van der Waals surface area contributed by atoms with E-state index in [4.69, 9.17) is 15.1 Å². The van der Waals surface area contributed by atoms with Gasteiger partial charge >= 0.3 is 0 Å². The molecule has 2 saturated carbocycles. The van der Waals surface area contributed by atoms with Crippen LogP contribution in [-0.4, -0.2) is 114 Å². The van der Waals surface area contributed by atoms with E-state index < -0.39 is 31.1 Å². The van der Waals surface area contributed by atoms with E-state index in [0.717, 1.165) is 49.5 Å². The fourth-order valence-corrected chi connectivity index (χ4v) is 12.4. The number of nitrogens with zero attached hydrogens (tertiary/aromatic N) is 6. The Kier molecular flexibility index (Phi) is 17.9. The smallest absolute Gasteiger partial charge is 0.253 e. The van der Waals surface area contributed by atoms with E-state index in [9.17, 15) is 26.4 Å². The summed E-state index contributed by atoms with van der Waals surface area (Å²) < 4.78 is 53.4. The van der Waals surface area contributed by atoms with Gasteiger partial charge in [-0.05, 0) is 57.4 Å². The minimum atomic E-state index is -3.52. The van der Waals surface area contributed by atoms with Gasteiger partial charge in [-0.3, -0.25) is 19.6 Å². The monoisotopic (exact) mass is 971 g/mol. The first-order valence-corrected chi connectivity index (χ1v) is 24.6. The summed E-state index contributed by atoms with van der Waals surface area (Å²) in [6.45, 7) is 1.32. The van der Waals surface area contributed by atoms with Gasteiger partial charge in [-0.25, -0.2) is 31.1 Å². The summed E-state index contributed by atoms with van der Waals surface area (Å²) in [5.74, 6) is 2.36. The number of aliphatic hydroxyl groups excluding tert-OH is 1. The van der Waals surface area contributed by atoms with Crippen LogP contribution in [-0.2, 0) is 56.5 Å². The van der Waals surface area contributed by atoms with Crippen LogP contribution in [0.25, 0.3) is 6.08 Å². The number of carbonyl (C=O) groups excluding carboxylic acids is 2. The topological polar surface area (TPSA) is 204 Å². The summed E-state index contributed by atoms with van der Waals surface area (Å²) in [5.41, 5.74) is -1.54. The number of hydrogen-bond donors (Lipinski definition) is 3. The second kappa shape index (κ2) is 21.5. The molecule has 6 aliphatic rings. The number of piperidine rings is 2. The molecule has 3 N–H and O–H groups in total. The Balaban J connectivity index is 0.000000238. The predicted molar refractivity (Wildman–Crippen MR) is 226 cm³/mol. The first-order chi connectivity index (χ1) is 27.0. The van der Waals surface area contributed by atoms with Crippen LogP contribution in [0.4, 0.5) is 0 Å². The van der Waals surface area contributed by atoms with Crippen LogP contribution in [0.3, 0.4) is 0 Å². The van der Waals surface area contributed by atoms with Crippen LogP contribution in [0.5, 0.6) is 0 Å². The first-order valence-electron chi connectivity index (χ1n) is 19.7. The average molecular weight is 973 g/mol. The zero-order chi connectivity index (χ0) is 39.8. The molecule has 8 rings (SSSR count). The Bertz CT molecular complexity index is 1950. The van der Waals surface area contributed by atoms with Crippen molar-refractivity contribution in [1.82, 2.24) is 29.2 Å². The number of aliphatic hydroxyl groups is 1. The fraction of sp³-hybridized carbons (Fsp3) is 0.658. The quantitative estimate of drug-likeness (QED) is 0.241. The Labute approximate surface area is 365 Å².